The summed E-state index contributed by atoms with van der Waals surface area (Å²) >= 11 is 0. The molecule has 1 fully saturated rings. The molecule has 4 nitrogen and oxygen atoms in total. The molecular weight excluding hydrogens is 272 g/mol. The Hall–Kier alpha value is -1.07. The number of benzene rings is 1. The third-order valence-electron chi connectivity index (χ3n) is 4.25. The molecule has 2 unspecified atom stereocenters. The van der Waals surface area contributed by atoms with Crippen molar-refractivity contribution >= 4 is 15.7 Å². The molecule has 1 saturated carbocycles. The summed E-state index contributed by atoms with van der Waals surface area (Å²) in [6.07, 6.45) is 5.32. The monoisotopic (exact) mass is 296 g/mol. The van der Waals surface area contributed by atoms with Crippen LogP contribution in [0.3, 0.4) is 0 Å². The Balaban J connectivity index is 2.27. The molecule has 2 rings (SSSR count). The molecule has 0 bridgehead atoms. The van der Waals surface area contributed by atoms with Gasteiger partial charge in [0, 0.05) is 6.04 Å². The van der Waals surface area contributed by atoms with Crippen molar-refractivity contribution in [1.82, 2.24) is 4.72 Å². The van der Waals surface area contributed by atoms with Crippen LogP contribution in [0.15, 0.2) is 23.1 Å². The summed E-state index contributed by atoms with van der Waals surface area (Å²) in [5.74, 6) is 0.434. The van der Waals surface area contributed by atoms with Crippen LogP contribution < -0.4 is 10.5 Å². The van der Waals surface area contributed by atoms with Crippen LogP contribution >= 0.6 is 0 Å². The molecule has 3 N–H and O–H groups in total. The highest BCUT2D eigenvalue weighted by Gasteiger charge is 2.29. The molecule has 0 aliphatic heterocycles. The van der Waals surface area contributed by atoms with Crippen LogP contribution in [0, 0.1) is 12.8 Å². The lowest BCUT2D eigenvalue weighted by Crippen LogP contribution is -2.42. The number of rotatable bonds is 4. The van der Waals surface area contributed by atoms with Crippen molar-refractivity contribution in [2.75, 3.05) is 5.73 Å². The maximum Gasteiger partial charge on any atom is 0.243 e. The fourth-order valence-corrected chi connectivity index (χ4v) is 4.85. The normalized spacial score (nSPS) is 23.7. The zero-order valence-electron chi connectivity index (χ0n) is 12.2. The molecule has 0 heterocycles. The molecule has 0 amide bonds. The lowest BCUT2D eigenvalue weighted by Gasteiger charge is -2.31. The van der Waals surface area contributed by atoms with E-state index in [4.69, 9.17) is 5.73 Å². The summed E-state index contributed by atoms with van der Waals surface area (Å²) in [4.78, 5) is 0.237. The Labute approximate surface area is 121 Å². The van der Waals surface area contributed by atoms with Gasteiger partial charge in [0.2, 0.25) is 10.0 Å². The smallest absolute Gasteiger partial charge is 0.243 e. The van der Waals surface area contributed by atoms with Crippen LogP contribution in [0.2, 0.25) is 0 Å². The van der Waals surface area contributed by atoms with E-state index >= 15 is 0 Å². The molecule has 0 radical (unpaired) electrons. The van der Waals surface area contributed by atoms with Gasteiger partial charge in [-0.15, -0.1) is 0 Å². The highest BCUT2D eigenvalue weighted by atomic mass is 32.2. The van der Waals surface area contributed by atoms with Gasteiger partial charge in [-0.3, -0.25) is 0 Å². The third kappa shape index (κ3) is 3.15. The Kier molecular flexibility index (Phi) is 4.70. The van der Waals surface area contributed by atoms with Crippen molar-refractivity contribution in [2.24, 2.45) is 5.92 Å². The summed E-state index contributed by atoms with van der Waals surface area (Å²) in [5, 5.41) is 0. The maximum absolute atomic E-state index is 12.6. The van der Waals surface area contributed by atoms with E-state index in [9.17, 15) is 8.42 Å². The zero-order chi connectivity index (χ0) is 14.8. The Bertz CT molecular complexity index is 549. The topological polar surface area (TPSA) is 72.2 Å². The number of nitrogen functional groups attached to an aromatic ring is 1. The molecule has 5 heteroatoms. The lowest BCUT2D eigenvalue weighted by atomic mass is 9.83. The number of nitrogens with one attached hydrogen (secondary N) is 1. The van der Waals surface area contributed by atoms with Crippen LogP contribution in [0.1, 0.15) is 44.6 Å². The second-order valence-electron chi connectivity index (χ2n) is 5.67. The van der Waals surface area contributed by atoms with Gasteiger partial charge >= 0.3 is 0 Å². The molecule has 112 valence electrons. The van der Waals surface area contributed by atoms with Crippen molar-refractivity contribution in [3.05, 3.63) is 23.8 Å². The summed E-state index contributed by atoms with van der Waals surface area (Å²) < 4.78 is 28.1. The van der Waals surface area contributed by atoms with E-state index in [-0.39, 0.29) is 10.9 Å². The van der Waals surface area contributed by atoms with Crippen molar-refractivity contribution in [2.45, 2.75) is 56.9 Å². The number of nitrogens with two attached hydrogens (primary N) is 1. The lowest BCUT2D eigenvalue weighted by molar-refractivity contribution is 0.282. The Morgan fingerprint density at radius 2 is 2.00 bits per heavy atom. The van der Waals surface area contributed by atoms with E-state index in [0.29, 0.717) is 17.2 Å². The fourth-order valence-electron chi connectivity index (χ4n) is 3.15. The average Bonchev–Trinajstić information content (AvgIpc) is 2.38. The molecule has 2 atom stereocenters. The minimum atomic E-state index is -3.54. The summed E-state index contributed by atoms with van der Waals surface area (Å²) in [6, 6.07) is 5.24. The standard InChI is InChI=1S/C15H24N2O2S/c1-3-12-8-4-5-10-14(12)17-20(18,19)15-11(2)7-6-9-13(15)16/h6-7,9,12,14,17H,3-5,8,10,16H2,1-2H3. The molecular formula is C15H24N2O2S. The van der Waals surface area contributed by atoms with Crippen LogP contribution in [0.4, 0.5) is 5.69 Å². The van der Waals surface area contributed by atoms with Gasteiger partial charge in [0.1, 0.15) is 4.90 Å². The van der Waals surface area contributed by atoms with Crippen LogP contribution in [0.5, 0.6) is 0 Å². The number of anilines is 1. The minimum Gasteiger partial charge on any atom is -0.398 e. The number of hydrogen-bond acceptors (Lipinski definition) is 3. The van der Waals surface area contributed by atoms with Crippen LogP contribution in [-0.4, -0.2) is 14.5 Å². The zero-order valence-corrected chi connectivity index (χ0v) is 13.0. The van der Waals surface area contributed by atoms with Gasteiger partial charge in [-0.1, -0.05) is 38.3 Å². The fraction of sp³-hybridized carbons (Fsp3) is 0.600. The second kappa shape index (κ2) is 6.14. The van der Waals surface area contributed by atoms with E-state index in [1.54, 1.807) is 25.1 Å². The molecule has 20 heavy (non-hydrogen) atoms. The van der Waals surface area contributed by atoms with Gasteiger partial charge in [-0.25, -0.2) is 13.1 Å². The van der Waals surface area contributed by atoms with Gasteiger partial charge in [-0.05, 0) is 37.3 Å². The molecule has 0 saturated heterocycles. The van der Waals surface area contributed by atoms with Crippen LogP contribution in [-0.2, 0) is 10.0 Å². The van der Waals surface area contributed by atoms with Crippen molar-refractivity contribution in [3.63, 3.8) is 0 Å². The first-order valence-electron chi connectivity index (χ1n) is 7.33. The molecule has 1 aromatic rings. The number of hydrogen-bond donors (Lipinski definition) is 2. The summed E-state index contributed by atoms with van der Waals surface area (Å²) in [7, 11) is -3.54. The van der Waals surface area contributed by atoms with Gasteiger partial charge in [-0.2, -0.15) is 0 Å². The first kappa shape index (κ1) is 15.3. The van der Waals surface area contributed by atoms with Gasteiger partial charge < -0.3 is 5.73 Å². The molecule has 0 aromatic heterocycles. The molecule has 1 aromatic carbocycles. The number of aryl methyl sites for hydroxylation is 1. The van der Waals surface area contributed by atoms with Crippen LogP contribution in [0.25, 0.3) is 0 Å². The second-order valence-corrected chi connectivity index (χ2v) is 7.32. The minimum absolute atomic E-state index is 0.0396. The van der Waals surface area contributed by atoms with Gasteiger partial charge in [0.05, 0.1) is 5.69 Å². The first-order chi connectivity index (χ1) is 9.45. The van der Waals surface area contributed by atoms with E-state index < -0.39 is 10.0 Å². The highest BCUT2D eigenvalue weighted by molar-refractivity contribution is 7.89. The predicted molar refractivity (Wildman–Crippen MR) is 81.9 cm³/mol. The molecule has 1 aliphatic rings. The average molecular weight is 296 g/mol. The SMILES string of the molecule is CCC1CCCCC1NS(=O)(=O)c1c(C)cccc1N. The maximum atomic E-state index is 12.6. The quantitative estimate of drug-likeness (QED) is 0.839. The first-order valence-corrected chi connectivity index (χ1v) is 8.81. The largest absolute Gasteiger partial charge is 0.398 e. The van der Waals surface area contributed by atoms with E-state index in [0.717, 1.165) is 25.7 Å². The van der Waals surface area contributed by atoms with Crippen molar-refractivity contribution < 1.29 is 8.42 Å². The highest BCUT2D eigenvalue weighted by Crippen LogP contribution is 2.29. The summed E-state index contributed by atoms with van der Waals surface area (Å²) in [6.45, 7) is 3.91. The van der Waals surface area contributed by atoms with Crippen molar-refractivity contribution in [3.8, 4) is 0 Å². The van der Waals surface area contributed by atoms with Gasteiger partial charge in [0.15, 0.2) is 0 Å². The Morgan fingerprint density at radius 1 is 1.30 bits per heavy atom. The molecule has 0 spiro atoms. The van der Waals surface area contributed by atoms with Gasteiger partial charge in [0.25, 0.3) is 0 Å². The van der Waals surface area contributed by atoms with Crippen molar-refractivity contribution in [1.29, 1.82) is 0 Å². The Morgan fingerprint density at radius 3 is 2.65 bits per heavy atom. The van der Waals surface area contributed by atoms with E-state index in [2.05, 4.69) is 11.6 Å². The van der Waals surface area contributed by atoms with E-state index in [1.165, 1.54) is 6.42 Å². The predicted octanol–water partition coefficient (Wildman–Crippen LogP) is 2.82. The summed E-state index contributed by atoms with van der Waals surface area (Å²) in [5.41, 5.74) is 6.88. The number of sulfonamides is 1. The third-order valence-corrected chi connectivity index (χ3v) is 5.96. The molecule has 1 aliphatic carbocycles. The van der Waals surface area contributed by atoms with E-state index in [1.807, 2.05) is 0 Å².